The first-order valence-corrected chi connectivity index (χ1v) is 12.8. The van der Waals surface area contributed by atoms with Crippen LogP contribution in [0.3, 0.4) is 0 Å². The molecule has 11 heteroatoms. The van der Waals surface area contributed by atoms with Crippen molar-refractivity contribution in [1.82, 2.24) is 19.9 Å². The second-order valence-corrected chi connectivity index (χ2v) is 12.0. The molecule has 3 rings (SSSR count). The highest BCUT2D eigenvalue weighted by molar-refractivity contribution is 7.45. The van der Waals surface area contributed by atoms with E-state index in [1.165, 1.54) is 6.33 Å². The van der Waals surface area contributed by atoms with Gasteiger partial charge in [0.25, 0.3) is 0 Å². The summed E-state index contributed by atoms with van der Waals surface area (Å²) in [7, 11) is -2.20. The zero-order chi connectivity index (χ0) is 25.1. The Labute approximate surface area is 200 Å². The zero-order valence-corrected chi connectivity index (χ0v) is 21.4. The van der Waals surface area contributed by atoms with Crippen LogP contribution in [-0.4, -0.2) is 50.1 Å². The fourth-order valence-electron chi connectivity index (χ4n) is 2.64. The Hall–Kier alpha value is -2.87. The molecule has 0 bridgehead atoms. The zero-order valence-electron chi connectivity index (χ0n) is 20.5. The van der Waals surface area contributed by atoms with Gasteiger partial charge in [0.05, 0.1) is 10.8 Å². The monoisotopic (exact) mass is 490 g/mol. The number of allylic oxidation sites excluding steroid dienone is 2. The van der Waals surface area contributed by atoms with Gasteiger partial charge >= 0.3 is 25.8 Å². The molecule has 1 unspecified atom stereocenters. The summed E-state index contributed by atoms with van der Waals surface area (Å²) >= 11 is 0. The highest BCUT2D eigenvalue weighted by atomic mass is 31.1. The Morgan fingerprint density at radius 1 is 1.12 bits per heavy atom. The number of fused-ring (bicyclic) bond motifs is 1. The second kappa shape index (κ2) is 10.2. The number of carbonyl (C=O) groups is 2. The highest BCUT2D eigenvalue weighted by Gasteiger charge is 2.41. The Bertz CT molecular complexity index is 1070. The third kappa shape index (κ3) is 7.06. The number of esters is 2. The molecule has 1 saturated carbocycles. The molecule has 0 aromatic carbocycles. The Morgan fingerprint density at radius 2 is 1.74 bits per heavy atom. The fourth-order valence-corrected chi connectivity index (χ4v) is 3.60. The highest BCUT2D eigenvalue weighted by Crippen LogP contribution is 2.34. The molecular formula is C23H33N5O5P+. The van der Waals surface area contributed by atoms with Crippen molar-refractivity contribution in [3.05, 3.63) is 24.3 Å². The molecule has 1 fully saturated rings. The summed E-state index contributed by atoms with van der Waals surface area (Å²) in [5.41, 5.74) is -0.311. The van der Waals surface area contributed by atoms with Crippen molar-refractivity contribution in [2.24, 2.45) is 10.8 Å². The number of rotatable bonds is 9. The van der Waals surface area contributed by atoms with Crippen LogP contribution in [0.15, 0.2) is 18.5 Å². The number of nitrogens with one attached hydrogen (secondary N) is 2. The molecule has 0 amide bonds. The van der Waals surface area contributed by atoms with Gasteiger partial charge in [0, 0.05) is 12.5 Å². The van der Waals surface area contributed by atoms with Crippen molar-refractivity contribution in [2.45, 2.75) is 72.9 Å². The molecule has 0 aliphatic heterocycles. The first-order chi connectivity index (χ1) is 15.8. The average molecular weight is 491 g/mol. The van der Waals surface area contributed by atoms with Gasteiger partial charge in [-0.25, -0.2) is 15.0 Å². The van der Waals surface area contributed by atoms with E-state index in [1.54, 1.807) is 53.7 Å². The molecule has 2 heterocycles. The van der Waals surface area contributed by atoms with Crippen molar-refractivity contribution in [2.75, 3.05) is 11.5 Å². The van der Waals surface area contributed by atoms with E-state index in [4.69, 9.17) is 9.47 Å². The van der Waals surface area contributed by atoms with Crippen LogP contribution in [0.5, 0.6) is 0 Å². The van der Waals surface area contributed by atoms with E-state index in [9.17, 15) is 14.2 Å². The van der Waals surface area contributed by atoms with Crippen molar-refractivity contribution in [3.63, 3.8) is 0 Å². The Kier molecular flexibility index (Phi) is 7.70. The summed E-state index contributed by atoms with van der Waals surface area (Å²) in [4.78, 5) is 40.8. The number of carbonyl (C=O) groups excluding carboxylic acids is 2. The minimum atomic E-state index is -2.20. The van der Waals surface area contributed by atoms with E-state index < -0.39 is 36.6 Å². The largest absolute Gasteiger partial charge is 0.451 e. The Morgan fingerprint density at radius 3 is 2.29 bits per heavy atom. The topological polar surface area (TPSA) is 136 Å². The predicted molar refractivity (Wildman–Crippen MR) is 129 cm³/mol. The number of H-pyrrole nitrogens is 1. The van der Waals surface area contributed by atoms with Crippen LogP contribution in [0.4, 0.5) is 5.82 Å². The van der Waals surface area contributed by atoms with Gasteiger partial charge in [-0.15, -0.1) is 0 Å². The normalized spacial score (nSPS) is 15.1. The third-order valence-electron chi connectivity index (χ3n) is 4.89. The molecule has 1 atom stereocenters. The molecule has 2 aromatic rings. The molecule has 2 N–H and O–H groups in total. The number of aromatic amines is 1. The van der Waals surface area contributed by atoms with Crippen molar-refractivity contribution < 1.29 is 23.6 Å². The summed E-state index contributed by atoms with van der Waals surface area (Å²) in [6, 6.07) is -0.996. The molecular weight excluding hydrogens is 457 g/mol. The number of ether oxygens (including phenoxy) is 2. The van der Waals surface area contributed by atoms with Gasteiger partial charge in [-0.05, 0) is 60.5 Å². The number of nitrogens with zero attached hydrogens (tertiary/aromatic N) is 3. The number of hydrogen-bond acceptors (Lipinski definition) is 9. The van der Waals surface area contributed by atoms with Crippen molar-refractivity contribution >= 4 is 36.7 Å². The summed E-state index contributed by atoms with van der Waals surface area (Å²) in [5, 5.41) is 3.36. The number of imidazole rings is 1. The van der Waals surface area contributed by atoms with Crippen molar-refractivity contribution in [3.8, 4) is 0 Å². The van der Waals surface area contributed by atoms with Crippen LogP contribution < -0.4 is 5.32 Å². The molecule has 0 radical (unpaired) electrons. The predicted octanol–water partition coefficient (Wildman–Crippen LogP) is 4.32. The summed E-state index contributed by atoms with van der Waals surface area (Å²) in [6.45, 7) is 10.0. The molecule has 0 saturated heterocycles. The first kappa shape index (κ1) is 25.7. The van der Waals surface area contributed by atoms with E-state index in [2.05, 4.69) is 25.3 Å². The summed E-state index contributed by atoms with van der Waals surface area (Å²) in [5.74, 6) is 0.245. The van der Waals surface area contributed by atoms with Gasteiger partial charge in [-0.2, -0.15) is 0 Å². The van der Waals surface area contributed by atoms with Crippen LogP contribution in [0.2, 0.25) is 0 Å². The molecule has 2 aromatic heterocycles. The summed E-state index contributed by atoms with van der Waals surface area (Å²) < 4.78 is 23.5. The van der Waals surface area contributed by atoms with Gasteiger partial charge < -0.3 is 19.8 Å². The van der Waals surface area contributed by atoms with Crippen LogP contribution in [0.1, 0.15) is 60.2 Å². The first-order valence-electron chi connectivity index (χ1n) is 11.3. The molecule has 1 aliphatic rings. The summed E-state index contributed by atoms with van der Waals surface area (Å²) in [6.07, 6.45) is 7.77. The number of aromatic nitrogens is 4. The maximum Gasteiger partial charge on any atom is 0.451 e. The van der Waals surface area contributed by atoms with Gasteiger partial charge in [0.2, 0.25) is 0 Å². The van der Waals surface area contributed by atoms with Crippen LogP contribution in [0, 0.1) is 10.8 Å². The molecule has 1 aliphatic carbocycles. The fraction of sp³-hybridized carbons (Fsp3) is 0.609. The SMILES string of the molecule is CC(C)(C)C(=O)OC(OC(=O)C(C)(C)C)[P+](=O)C/C=C/Cc1nc2ncnc(NC3CC3)c2[nH]1. The lowest BCUT2D eigenvalue weighted by molar-refractivity contribution is -0.184. The Balaban J connectivity index is 1.62. The number of anilines is 1. The maximum absolute atomic E-state index is 12.9. The van der Waals surface area contributed by atoms with Crippen LogP contribution in [0.25, 0.3) is 11.2 Å². The second-order valence-electron chi connectivity index (χ2n) is 10.4. The lowest BCUT2D eigenvalue weighted by Gasteiger charge is -2.21. The van der Waals surface area contributed by atoms with Gasteiger partial charge in [0.15, 0.2) is 17.6 Å². The molecule has 0 spiro atoms. The van der Waals surface area contributed by atoms with E-state index >= 15 is 0 Å². The molecule has 10 nitrogen and oxygen atoms in total. The van der Waals surface area contributed by atoms with Crippen molar-refractivity contribution in [1.29, 1.82) is 0 Å². The lowest BCUT2D eigenvalue weighted by Crippen LogP contribution is -2.33. The molecule has 34 heavy (non-hydrogen) atoms. The maximum atomic E-state index is 12.9. The smallest absolute Gasteiger partial charge is 0.384 e. The minimum Gasteiger partial charge on any atom is -0.384 e. The third-order valence-corrected chi connectivity index (χ3v) is 6.15. The van der Waals surface area contributed by atoms with Crippen LogP contribution in [-0.2, 0) is 30.0 Å². The van der Waals surface area contributed by atoms with E-state index in [0.717, 1.165) is 24.2 Å². The molecule has 184 valence electrons. The van der Waals surface area contributed by atoms with Crippen LogP contribution >= 0.6 is 7.80 Å². The van der Waals surface area contributed by atoms with E-state index in [-0.39, 0.29) is 6.16 Å². The quantitative estimate of drug-likeness (QED) is 0.228. The number of hydrogen-bond donors (Lipinski definition) is 2. The van der Waals surface area contributed by atoms with Gasteiger partial charge in [-0.1, -0.05) is 10.6 Å². The van der Waals surface area contributed by atoms with Gasteiger partial charge in [-0.3, -0.25) is 9.59 Å². The van der Waals surface area contributed by atoms with Gasteiger partial charge in [0.1, 0.15) is 17.7 Å². The lowest BCUT2D eigenvalue weighted by atomic mass is 9.97. The van der Waals surface area contributed by atoms with E-state index in [1.807, 2.05) is 0 Å². The van der Waals surface area contributed by atoms with E-state index in [0.29, 0.717) is 23.9 Å². The standard InChI is InChI=1S/C23H33N5O5P/c1-22(2,3)19(29)32-21(33-20(30)23(4,5)6)34(31)12-8-7-9-15-27-16-17(26-14-10-11-14)24-13-25-18(16)28-15/h7-8,13-14,21H,9-12H2,1-6H3,(H2,24,25,26,27,28)/q+1/b8-7+. The minimum absolute atomic E-state index is 0.0728. The average Bonchev–Trinajstić information content (AvgIpc) is 3.45.